The molecule has 0 aromatic carbocycles. The Hall–Kier alpha value is -1.37. The largest absolute Gasteiger partial charge is 0.369 e. The number of nitrogens with zero attached hydrogens (tertiary/aromatic N) is 2. The normalized spacial score (nSPS) is 25.2. The molecule has 0 aliphatic heterocycles. The van der Waals surface area contributed by atoms with Crippen LogP contribution in [0.2, 0.25) is 0 Å². The molecule has 1 heterocycles. The quantitative estimate of drug-likeness (QED) is 0.717. The van der Waals surface area contributed by atoms with Gasteiger partial charge in [0.2, 0.25) is 17.0 Å². The Balaban J connectivity index is 1.83. The first-order valence-electron chi connectivity index (χ1n) is 5.30. The molecule has 0 radical (unpaired) electrons. The van der Waals surface area contributed by atoms with Gasteiger partial charge in [-0.25, -0.2) is 0 Å². The Morgan fingerprint density at radius 1 is 1.38 bits per heavy atom. The van der Waals surface area contributed by atoms with E-state index in [-0.39, 0.29) is 11.8 Å². The molecule has 1 fully saturated rings. The van der Waals surface area contributed by atoms with Gasteiger partial charge in [0.1, 0.15) is 0 Å². The molecule has 1 aliphatic rings. The molecule has 88 valence electrons. The zero-order valence-corrected chi connectivity index (χ0v) is 9.67. The summed E-state index contributed by atoms with van der Waals surface area (Å²) >= 11 is 1.26. The molecule has 0 unspecified atom stereocenters. The Morgan fingerprint density at radius 3 is 2.56 bits per heavy atom. The van der Waals surface area contributed by atoms with Gasteiger partial charge in [-0.2, -0.15) is 9.36 Å². The predicted molar refractivity (Wildman–Crippen MR) is 62.9 cm³/mol. The summed E-state index contributed by atoms with van der Waals surface area (Å²) in [7, 11) is 0. The monoisotopic (exact) mass is 241 g/mol. The Morgan fingerprint density at radius 2 is 2.06 bits per heavy atom. The van der Waals surface area contributed by atoms with E-state index in [1.807, 2.05) is 0 Å². The second kappa shape index (κ2) is 4.65. The van der Waals surface area contributed by atoms with Gasteiger partial charge in [-0.1, -0.05) is 0 Å². The van der Waals surface area contributed by atoms with Gasteiger partial charge in [-0.05, 0) is 25.7 Å². The molecule has 0 bridgehead atoms. The topological polar surface area (TPSA) is 107 Å². The smallest absolute Gasteiger partial charge is 0.233 e. The van der Waals surface area contributed by atoms with E-state index >= 15 is 0 Å². The molecule has 16 heavy (non-hydrogen) atoms. The maximum Gasteiger partial charge on any atom is 0.233 e. The number of nitrogens with one attached hydrogen (secondary N) is 1. The van der Waals surface area contributed by atoms with Gasteiger partial charge in [0, 0.05) is 23.5 Å². The molecular weight excluding hydrogens is 226 g/mol. The van der Waals surface area contributed by atoms with Gasteiger partial charge in [-0.15, -0.1) is 0 Å². The van der Waals surface area contributed by atoms with Crippen LogP contribution >= 0.6 is 11.5 Å². The summed E-state index contributed by atoms with van der Waals surface area (Å²) in [4.78, 5) is 15.0. The van der Waals surface area contributed by atoms with Crippen molar-refractivity contribution in [3.05, 3.63) is 0 Å². The van der Waals surface area contributed by atoms with Gasteiger partial charge >= 0.3 is 0 Å². The predicted octanol–water partition coefficient (Wildman–Crippen LogP) is 0.576. The molecule has 1 saturated carbocycles. The number of aromatic nitrogens is 2. The van der Waals surface area contributed by atoms with Crippen molar-refractivity contribution in [3.8, 4) is 0 Å². The molecule has 1 amide bonds. The number of carbonyl (C=O) groups excluding carboxylic acids is 1. The molecule has 1 aromatic heterocycles. The molecule has 0 spiro atoms. The highest BCUT2D eigenvalue weighted by Gasteiger charge is 2.24. The van der Waals surface area contributed by atoms with Crippen LogP contribution in [0.3, 0.4) is 0 Å². The third kappa shape index (κ3) is 2.60. The minimum atomic E-state index is -0.182. The van der Waals surface area contributed by atoms with Crippen LogP contribution < -0.4 is 16.8 Å². The lowest BCUT2D eigenvalue weighted by atomic mass is 9.86. The van der Waals surface area contributed by atoms with Crippen molar-refractivity contribution in [2.45, 2.75) is 31.7 Å². The number of hydrogen-bond donors (Lipinski definition) is 3. The third-order valence-electron chi connectivity index (χ3n) is 2.90. The minimum Gasteiger partial charge on any atom is -0.369 e. The highest BCUT2D eigenvalue weighted by molar-refractivity contribution is 7.09. The van der Waals surface area contributed by atoms with Crippen molar-refractivity contribution in [1.82, 2.24) is 9.36 Å². The number of anilines is 2. The molecule has 0 atom stereocenters. The number of primary amides is 1. The van der Waals surface area contributed by atoms with Gasteiger partial charge in [0.25, 0.3) is 0 Å². The highest BCUT2D eigenvalue weighted by atomic mass is 32.1. The molecule has 7 heteroatoms. The summed E-state index contributed by atoms with van der Waals surface area (Å²) in [6, 6.07) is 0.350. The maximum atomic E-state index is 11.0. The molecule has 0 saturated heterocycles. The van der Waals surface area contributed by atoms with Gasteiger partial charge in [0.05, 0.1) is 0 Å². The van der Waals surface area contributed by atoms with Crippen LogP contribution in [-0.2, 0) is 4.79 Å². The zero-order chi connectivity index (χ0) is 11.5. The minimum absolute atomic E-state index is 0.0394. The van der Waals surface area contributed by atoms with Crippen LogP contribution in [-0.4, -0.2) is 21.3 Å². The standard InChI is InChI=1S/C9H15N5OS/c10-7(15)5-1-3-6(4-2-5)12-9-13-8(11)14-16-9/h5-6H,1-4H2,(H2,10,15)(H3,11,12,13,14). The van der Waals surface area contributed by atoms with E-state index < -0.39 is 0 Å². The second-order valence-electron chi connectivity index (χ2n) is 4.05. The Bertz CT molecular complexity index is 372. The van der Waals surface area contributed by atoms with Crippen molar-refractivity contribution in [2.75, 3.05) is 11.1 Å². The van der Waals surface area contributed by atoms with E-state index in [2.05, 4.69) is 14.7 Å². The highest BCUT2D eigenvalue weighted by Crippen LogP contribution is 2.26. The molecule has 6 nitrogen and oxygen atoms in total. The molecule has 1 aliphatic carbocycles. The fourth-order valence-corrected chi connectivity index (χ4v) is 2.56. The van der Waals surface area contributed by atoms with E-state index in [0.717, 1.165) is 30.8 Å². The lowest BCUT2D eigenvalue weighted by molar-refractivity contribution is -0.122. The van der Waals surface area contributed by atoms with Crippen LogP contribution in [0.15, 0.2) is 0 Å². The van der Waals surface area contributed by atoms with E-state index in [4.69, 9.17) is 11.5 Å². The summed E-state index contributed by atoms with van der Waals surface area (Å²) in [6.07, 6.45) is 3.57. The van der Waals surface area contributed by atoms with Crippen LogP contribution in [0.4, 0.5) is 11.1 Å². The van der Waals surface area contributed by atoms with Crippen LogP contribution in [0.1, 0.15) is 25.7 Å². The number of nitrogens with two attached hydrogens (primary N) is 2. The summed E-state index contributed by atoms with van der Waals surface area (Å²) < 4.78 is 3.90. The van der Waals surface area contributed by atoms with Crippen molar-refractivity contribution >= 4 is 28.5 Å². The summed E-state index contributed by atoms with van der Waals surface area (Å²) in [5.41, 5.74) is 10.7. The van der Waals surface area contributed by atoms with Gasteiger partial charge in [-0.3, -0.25) is 4.79 Å². The van der Waals surface area contributed by atoms with Crippen molar-refractivity contribution in [1.29, 1.82) is 0 Å². The number of carbonyl (C=O) groups is 1. The molecule has 2 rings (SSSR count). The number of rotatable bonds is 3. The van der Waals surface area contributed by atoms with Crippen LogP contribution in [0, 0.1) is 5.92 Å². The first kappa shape index (κ1) is 11.1. The first-order chi connectivity index (χ1) is 7.65. The summed E-state index contributed by atoms with van der Waals surface area (Å²) in [6.45, 7) is 0. The van der Waals surface area contributed by atoms with E-state index in [1.54, 1.807) is 0 Å². The fourth-order valence-electron chi connectivity index (χ4n) is 1.99. The van der Waals surface area contributed by atoms with Crippen LogP contribution in [0.25, 0.3) is 0 Å². The van der Waals surface area contributed by atoms with Crippen molar-refractivity contribution in [3.63, 3.8) is 0 Å². The molecular formula is C9H15N5OS. The van der Waals surface area contributed by atoms with Gasteiger partial charge < -0.3 is 16.8 Å². The van der Waals surface area contributed by atoms with E-state index in [9.17, 15) is 4.79 Å². The summed E-state index contributed by atoms with van der Waals surface area (Å²) in [5, 5.41) is 4.02. The van der Waals surface area contributed by atoms with Crippen molar-refractivity contribution < 1.29 is 4.79 Å². The second-order valence-corrected chi connectivity index (χ2v) is 4.80. The molecule has 5 N–H and O–H groups in total. The van der Waals surface area contributed by atoms with Gasteiger partial charge in [0.15, 0.2) is 0 Å². The maximum absolute atomic E-state index is 11.0. The fraction of sp³-hybridized carbons (Fsp3) is 0.667. The lowest BCUT2D eigenvalue weighted by Gasteiger charge is -2.26. The number of hydrogen-bond acceptors (Lipinski definition) is 6. The number of amides is 1. The Kier molecular flexibility index (Phi) is 3.23. The van der Waals surface area contributed by atoms with E-state index in [1.165, 1.54) is 11.5 Å². The average Bonchev–Trinajstić information content (AvgIpc) is 2.65. The Labute approximate surface area is 97.6 Å². The average molecular weight is 241 g/mol. The molecule has 1 aromatic rings. The zero-order valence-electron chi connectivity index (χ0n) is 8.85. The van der Waals surface area contributed by atoms with Crippen molar-refractivity contribution in [2.24, 2.45) is 11.7 Å². The van der Waals surface area contributed by atoms with Crippen LogP contribution in [0.5, 0.6) is 0 Å². The third-order valence-corrected chi connectivity index (χ3v) is 3.56. The van der Waals surface area contributed by atoms with E-state index in [0.29, 0.717) is 12.0 Å². The first-order valence-corrected chi connectivity index (χ1v) is 6.07. The summed E-state index contributed by atoms with van der Waals surface area (Å²) in [5.74, 6) is 0.162. The lowest BCUT2D eigenvalue weighted by Crippen LogP contribution is -2.32. The SMILES string of the molecule is NC(=O)C1CCC(Nc2nc(N)ns2)CC1. The number of nitrogen functional groups attached to an aromatic ring is 1.